The van der Waals surface area contributed by atoms with Crippen molar-refractivity contribution >= 4 is 21.8 Å². The molecule has 1 heterocycles. The van der Waals surface area contributed by atoms with E-state index in [0.717, 1.165) is 37.9 Å². The van der Waals surface area contributed by atoms with Gasteiger partial charge < -0.3 is 9.69 Å². The SMILES string of the molecule is CS(=O)(=O)c1ccc(N2CCC(C=O)CC2)cc1. The molecule has 0 bridgehead atoms. The first-order valence-corrected chi connectivity index (χ1v) is 7.90. The summed E-state index contributed by atoms with van der Waals surface area (Å²) >= 11 is 0. The summed E-state index contributed by atoms with van der Waals surface area (Å²) in [6.07, 6.45) is 3.98. The van der Waals surface area contributed by atoms with E-state index in [1.807, 2.05) is 12.1 Å². The Kier molecular flexibility index (Phi) is 3.71. The molecular formula is C13H17NO3S. The molecule has 0 spiro atoms. The quantitative estimate of drug-likeness (QED) is 0.779. The summed E-state index contributed by atoms with van der Waals surface area (Å²) < 4.78 is 22.7. The number of hydrogen-bond acceptors (Lipinski definition) is 4. The highest BCUT2D eigenvalue weighted by Crippen LogP contribution is 2.23. The molecule has 5 heteroatoms. The normalized spacial score (nSPS) is 17.7. The molecule has 1 aliphatic heterocycles. The summed E-state index contributed by atoms with van der Waals surface area (Å²) in [5.41, 5.74) is 1.02. The molecule has 1 saturated heterocycles. The molecule has 1 aromatic carbocycles. The number of rotatable bonds is 3. The maximum atomic E-state index is 11.3. The summed E-state index contributed by atoms with van der Waals surface area (Å²) in [4.78, 5) is 13.2. The summed E-state index contributed by atoms with van der Waals surface area (Å²) in [7, 11) is -3.13. The van der Waals surface area contributed by atoms with Crippen LogP contribution in [0.5, 0.6) is 0 Å². The van der Waals surface area contributed by atoms with E-state index >= 15 is 0 Å². The Hall–Kier alpha value is -1.36. The van der Waals surface area contributed by atoms with Crippen molar-refractivity contribution in [2.75, 3.05) is 24.2 Å². The van der Waals surface area contributed by atoms with Crippen LogP contribution < -0.4 is 4.90 Å². The first kappa shape index (κ1) is 13.1. The highest BCUT2D eigenvalue weighted by atomic mass is 32.2. The second-order valence-corrected chi connectivity index (χ2v) is 6.74. The second-order valence-electron chi connectivity index (χ2n) is 4.73. The number of sulfone groups is 1. The van der Waals surface area contributed by atoms with E-state index in [9.17, 15) is 13.2 Å². The lowest BCUT2D eigenvalue weighted by Gasteiger charge is -2.31. The van der Waals surface area contributed by atoms with Gasteiger partial charge in [0.1, 0.15) is 6.29 Å². The van der Waals surface area contributed by atoms with Gasteiger partial charge in [-0.3, -0.25) is 0 Å². The van der Waals surface area contributed by atoms with Crippen molar-refractivity contribution in [2.45, 2.75) is 17.7 Å². The lowest BCUT2D eigenvalue weighted by atomic mass is 9.98. The molecule has 0 amide bonds. The van der Waals surface area contributed by atoms with E-state index in [4.69, 9.17) is 0 Å². The van der Waals surface area contributed by atoms with Crippen molar-refractivity contribution in [1.29, 1.82) is 0 Å². The monoisotopic (exact) mass is 267 g/mol. The number of aldehydes is 1. The number of carbonyl (C=O) groups is 1. The van der Waals surface area contributed by atoms with Crippen LogP contribution in [0, 0.1) is 5.92 Å². The fourth-order valence-corrected chi connectivity index (χ4v) is 2.83. The zero-order valence-corrected chi connectivity index (χ0v) is 11.2. The Balaban J connectivity index is 2.09. The van der Waals surface area contributed by atoms with Gasteiger partial charge in [0.15, 0.2) is 9.84 Å². The van der Waals surface area contributed by atoms with Gasteiger partial charge in [-0.25, -0.2) is 8.42 Å². The minimum Gasteiger partial charge on any atom is -0.371 e. The number of anilines is 1. The molecule has 0 aliphatic carbocycles. The van der Waals surface area contributed by atoms with Gasteiger partial charge in [0.2, 0.25) is 0 Å². The zero-order valence-electron chi connectivity index (χ0n) is 10.4. The van der Waals surface area contributed by atoms with E-state index in [2.05, 4.69) is 4.90 Å². The fourth-order valence-electron chi connectivity index (χ4n) is 2.20. The predicted octanol–water partition coefficient (Wildman–Crippen LogP) is 1.51. The maximum Gasteiger partial charge on any atom is 0.175 e. The Bertz CT molecular complexity index is 514. The summed E-state index contributed by atoms with van der Waals surface area (Å²) in [6, 6.07) is 6.93. The topological polar surface area (TPSA) is 54.5 Å². The van der Waals surface area contributed by atoms with Crippen LogP contribution in [0.15, 0.2) is 29.2 Å². The summed E-state index contributed by atoms with van der Waals surface area (Å²) in [6.45, 7) is 1.70. The van der Waals surface area contributed by atoms with Gasteiger partial charge in [-0.15, -0.1) is 0 Å². The standard InChI is InChI=1S/C13H17NO3S/c1-18(16,17)13-4-2-12(3-5-13)14-8-6-11(10-15)7-9-14/h2-5,10-11H,6-9H2,1H3. The number of nitrogens with zero attached hydrogens (tertiary/aromatic N) is 1. The second kappa shape index (κ2) is 5.10. The lowest BCUT2D eigenvalue weighted by molar-refractivity contribution is -0.111. The molecule has 1 fully saturated rings. The predicted molar refractivity (Wildman–Crippen MR) is 70.6 cm³/mol. The Labute approximate surface area is 108 Å². The molecule has 0 atom stereocenters. The third-order valence-corrected chi connectivity index (χ3v) is 4.49. The fraction of sp³-hybridized carbons (Fsp3) is 0.462. The van der Waals surface area contributed by atoms with E-state index < -0.39 is 9.84 Å². The summed E-state index contributed by atoms with van der Waals surface area (Å²) in [5.74, 6) is 0.177. The molecule has 0 radical (unpaired) electrons. The van der Waals surface area contributed by atoms with Crippen LogP contribution in [0.2, 0.25) is 0 Å². The largest absolute Gasteiger partial charge is 0.371 e. The first-order valence-electron chi connectivity index (χ1n) is 6.01. The van der Waals surface area contributed by atoms with Gasteiger partial charge in [0, 0.05) is 31.0 Å². The molecule has 98 valence electrons. The molecule has 0 N–H and O–H groups in total. The van der Waals surface area contributed by atoms with Crippen LogP contribution in [-0.4, -0.2) is 34.0 Å². The number of piperidine rings is 1. The number of hydrogen-bond donors (Lipinski definition) is 0. The Morgan fingerprint density at radius 1 is 1.17 bits per heavy atom. The zero-order chi connectivity index (χ0) is 13.2. The van der Waals surface area contributed by atoms with E-state index in [0.29, 0.717) is 4.90 Å². The van der Waals surface area contributed by atoms with Crippen molar-refractivity contribution < 1.29 is 13.2 Å². The van der Waals surface area contributed by atoms with Crippen molar-refractivity contribution in [3.8, 4) is 0 Å². The Morgan fingerprint density at radius 2 is 1.72 bits per heavy atom. The van der Waals surface area contributed by atoms with Crippen LogP contribution in [-0.2, 0) is 14.6 Å². The maximum absolute atomic E-state index is 11.3. The average molecular weight is 267 g/mol. The van der Waals surface area contributed by atoms with Gasteiger partial charge >= 0.3 is 0 Å². The lowest BCUT2D eigenvalue weighted by Crippen LogP contribution is -2.34. The minimum atomic E-state index is -3.13. The highest BCUT2D eigenvalue weighted by molar-refractivity contribution is 7.90. The molecule has 0 aromatic heterocycles. The molecule has 4 nitrogen and oxygen atoms in total. The van der Waals surface area contributed by atoms with E-state index in [1.54, 1.807) is 12.1 Å². The molecule has 1 aromatic rings. The number of carbonyl (C=O) groups excluding carboxylic acids is 1. The van der Waals surface area contributed by atoms with Crippen LogP contribution in [0.1, 0.15) is 12.8 Å². The van der Waals surface area contributed by atoms with Crippen molar-refractivity contribution in [3.63, 3.8) is 0 Å². The van der Waals surface area contributed by atoms with E-state index in [1.165, 1.54) is 6.26 Å². The number of benzene rings is 1. The molecule has 0 saturated carbocycles. The van der Waals surface area contributed by atoms with Crippen LogP contribution in [0.4, 0.5) is 5.69 Å². The first-order chi connectivity index (χ1) is 8.50. The third-order valence-electron chi connectivity index (χ3n) is 3.36. The van der Waals surface area contributed by atoms with E-state index in [-0.39, 0.29) is 5.92 Å². The molecule has 2 rings (SSSR count). The van der Waals surface area contributed by atoms with Crippen LogP contribution >= 0.6 is 0 Å². The van der Waals surface area contributed by atoms with Crippen LogP contribution in [0.3, 0.4) is 0 Å². The van der Waals surface area contributed by atoms with Crippen molar-refractivity contribution in [2.24, 2.45) is 5.92 Å². The van der Waals surface area contributed by atoms with Gasteiger partial charge in [0.05, 0.1) is 4.90 Å². The minimum absolute atomic E-state index is 0.177. The van der Waals surface area contributed by atoms with Gasteiger partial charge in [-0.05, 0) is 37.1 Å². The molecule has 18 heavy (non-hydrogen) atoms. The van der Waals surface area contributed by atoms with Crippen molar-refractivity contribution in [1.82, 2.24) is 0 Å². The summed E-state index contributed by atoms with van der Waals surface area (Å²) in [5, 5.41) is 0. The average Bonchev–Trinajstić information content (AvgIpc) is 2.38. The van der Waals surface area contributed by atoms with Crippen LogP contribution in [0.25, 0.3) is 0 Å². The van der Waals surface area contributed by atoms with Gasteiger partial charge in [0.25, 0.3) is 0 Å². The smallest absolute Gasteiger partial charge is 0.175 e. The van der Waals surface area contributed by atoms with Crippen molar-refractivity contribution in [3.05, 3.63) is 24.3 Å². The van der Waals surface area contributed by atoms with Gasteiger partial charge in [-0.2, -0.15) is 0 Å². The highest BCUT2D eigenvalue weighted by Gasteiger charge is 2.19. The Morgan fingerprint density at radius 3 is 2.17 bits per heavy atom. The third kappa shape index (κ3) is 2.90. The molecule has 0 unspecified atom stereocenters. The molecular weight excluding hydrogens is 250 g/mol. The molecule has 1 aliphatic rings. The van der Waals surface area contributed by atoms with Gasteiger partial charge in [-0.1, -0.05) is 0 Å².